The molecule has 3 aromatic rings. The van der Waals surface area contributed by atoms with Gasteiger partial charge in [-0.25, -0.2) is 0 Å². The largest absolute Gasteiger partial charge is 1.00 e. The topological polar surface area (TPSA) is 99.0 Å². The highest BCUT2D eigenvalue weighted by Gasteiger charge is 2.13. The van der Waals surface area contributed by atoms with Gasteiger partial charge in [-0.3, -0.25) is 0 Å². The van der Waals surface area contributed by atoms with Gasteiger partial charge in [0.05, 0.1) is 23.6 Å². The molecule has 10 heteroatoms. The smallest absolute Gasteiger partial charge is 0.208 e. The third kappa shape index (κ3) is 6.57. The second kappa shape index (κ2) is 11.2. The Bertz CT molecular complexity index is 843. The van der Waals surface area contributed by atoms with Gasteiger partial charge in [-0.05, 0) is 12.1 Å². The number of hydrogen-bond donors (Lipinski definition) is 2. The number of rotatable bonds is 6. The Kier molecular flexibility index (Phi) is 9.31. The Morgan fingerprint density at radius 2 is 1.48 bits per heavy atom. The minimum Gasteiger partial charge on any atom is -1.00 e. The number of nitrogens with zero attached hydrogens (tertiary/aromatic N) is 5. The van der Waals surface area contributed by atoms with Crippen molar-refractivity contribution >= 4 is 12.4 Å². The zero-order valence-electron chi connectivity index (χ0n) is 14.1. The van der Waals surface area contributed by atoms with Gasteiger partial charge < -0.3 is 48.9 Å². The zero-order valence-corrected chi connectivity index (χ0v) is 17.2. The standard InChI is InChI=1S/C17H15N5O3.2BrH/c23-18-8-14-3-1-5-21(10-14)12-16-7-17(25-20-16)13-22-6-2-4-15(11-22)9-19-24;;/h1-11H,12-13H2;2*1H/b18-8+,19-9+;;. The molecular weight excluding hydrogens is 482 g/mol. The molecule has 0 aliphatic rings. The fourth-order valence-electron chi connectivity index (χ4n) is 2.44. The van der Waals surface area contributed by atoms with Crippen molar-refractivity contribution in [3.8, 4) is 0 Å². The van der Waals surface area contributed by atoms with E-state index in [9.17, 15) is 0 Å². The lowest BCUT2D eigenvalue weighted by Gasteiger charge is -1.94. The maximum Gasteiger partial charge on any atom is 0.208 e. The van der Waals surface area contributed by atoms with Gasteiger partial charge in [0, 0.05) is 18.2 Å². The number of halogens is 2. The Morgan fingerprint density at radius 1 is 0.926 bits per heavy atom. The second-order valence-electron chi connectivity index (χ2n) is 5.39. The first kappa shape index (κ1) is 22.5. The number of oxime groups is 2. The van der Waals surface area contributed by atoms with E-state index in [-0.39, 0.29) is 34.0 Å². The Morgan fingerprint density at radius 3 is 2.04 bits per heavy atom. The van der Waals surface area contributed by atoms with Crippen LogP contribution in [0.2, 0.25) is 0 Å². The van der Waals surface area contributed by atoms with Crippen LogP contribution in [0.4, 0.5) is 0 Å². The number of hydrogen-bond acceptors (Lipinski definition) is 6. The molecule has 0 bridgehead atoms. The van der Waals surface area contributed by atoms with Gasteiger partial charge in [0.15, 0.2) is 31.3 Å². The molecule has 3 rings (SSSR count). The first-order valence-electron chi connectivity index (χ1n) is 7.54. The van der Waals surface area contributed by atoms with Crippen LogP contribution in [0.3, 0.4) is 0 Å². The van der Waals surface area contributed by atoms with Crippen molar-refractivity contribution in [2.24, 2.45) is 10.3 Å². The average molecular weight is 499 g/mol. The van der Waals surface area contributed by atoms with Crippen LogP contribution in [-0.2, 0) is 13.1 Å². The summed E-state index contributed by atoms with van der Waals surface area (Å²) in [4.78, 5) is 0. The molecule has 0 atom stereocenters. The van der Waals surface area contributed by atoms with Gasteiger partial charge >= 0.3 is 0 Å². The molecule has 0 aliphatic heterocycles. The predicted octanol–water partition coefficient (Wildman–Crippen LogP) is -5.03. The third-order valence-corrected chi connectivity index (χ3v) is 3.47. The summed E-state index contributed by atoms with van der Waals surface area (Å²) in [6.45, 7) is 1.06. The van der Waals surface area contributed by atoms with Crippen molar-refractivity contribution in [3.63, 3.8) is 0 Å². The molecule has 2 N–H and O–H groups in total. The molecule has 0 aromatic carbocycles. The summed E-state index contributed by atoms with van der Waals surface area (Å²) >= 11 is 0. The molecule has 0 unspecified atom stereocenters. The van der Waals surface area contributed by atoms with Crippen LogP contribution < -0.4 is 43.1 Å². The maximum atomic E-state index is 8.61. The molecule has 0 radical (unpaired) electrons. The Hall–Kier alpha value is -2.59. The third-order valence-electron chi connectivity index (χ3n) is 3.47. The van der Waals surface area contributed by atoms with E-state index in [1.807, 2.05) is 64.3 Å². The molecule has 0 amide bonds. The minimum atomic E-state index is 0. The molecule has 0 saturated heterocycles. The first-order chi connectivity index (χ1) is 12.3. The lowest BCUT2D eigenvalue weighted by atomic mass is 10.3. The van der Waals surface area contributed by atoms with E-state index in [4.69, 9.17) is 14.9 Å². The molecular formula is C17H17Br2N5O3. The van der Waals surface area contributed by atoms with Crippen LogP contribution in [0.25, 0.3) is 0 Å². The average Bonchev–Trinajstić information content (AvgIpc) is 3.03. The molecule has 3 aromatic heterocycles. The van der Waals surface area contributed by atoms with Gasteiger partial charge in [-0.15, -0.1) is 0 Å². The molecule has 0 fully saturated rings. The summed E-state index contributed by atoms with van der Waals surface area (Å²) in [6, 6.07) is 9.28. The van der Waals surface area contributed by atoms with E-state index in [1.54, 1.807) is 0 Å². The van der Waals surface area contributed by atoms with Crippen LogP contribution in [0, 0.1) is 0 Å². The summed E-state index contributed by atoms with van der Waals surface area (Å²) in [7, 11) is 0. The van der Waals surface area contributed by atoms with Crippen molar-refractivity contribution in [2.75, 3.05) is 0 Å². The lowest BCUT2D eigenvalue weighted by Crippen LogP contribution is -3.00. The van der Waals surface area contributed by atoms with Crippen LogP contribution >= 0.6 is 0 Å². The summed E-state index contributed by atoms with van der Waals surface area (Å²) in [5, 5.41) is 27.3. The maximum absolute atomic E-state index is 8.61. The van der Waals surface area contributed by atoms with Crippen molar-refractivity contribution < 1.29 is 58.0 Å². The highest BCUT2D eigenvalue weighted by atomic mass is 79.9. The minimum absolute atomic E-state index is 0. The zero-order chi connectivity index (χ0) is 17.5. The second-order valence-corrected chi connectivity index (χ2v) is 5.39. The van der Waals surface area contributed by atoms with Gasteiger partial charge in [-0.2, -0.15) is 9.13 Å². The lowest BCUT2D eigenvalue weighted by molar-refractivity contribution is -0.690. The summed E-state index contributed by atoms with van der Waals surface area (Å²) in [5.74, 6) is 0.715. The van der Waals surface area contributed by atoms with Crippen molar-refractivity contribution in [2.45, 2.75) is 13.1 Å². The first-order valence-corrected chi connectivity index (χ1v) is 7.54. The highest BCUT2D eigenvalue weighted by Crippen LogP contribution is 2.04. The van der Waals surface area contributed by atoms with Crippen molar-refractivity contribution in [1.82, 2.24) is 5.16 Å². The quantitative estimate of drug-likeness (QED) is 0.154. The van der Waals surface area contributed by atoms with Gasteiger partial charge in [-0.1, -0.05) is 15.5 Å². The molecule has 0 aliphatic carbocycles. The van der Waals surface area contributed by atoms with E-state index >= 15 is 0 Å². The van der Waals surface area contributed by atoms with E-state index in [2.05, 4.69) is 15.5 Å². The van der Waals surface area contributed by atoms with E-state index in [0.717, 1.165) is 16.8 Å². The van der Waals surface area contributed by atoms with Crippen molar-refractivity contribution in [1.29, 1.82) is 0 Å². The summed E-state index contributed by atoms with van der Waals surface area (Å²) in [6.07, 6.45) is 10.2. The number of aromatic nitrogens is 3. The molecule has 0 spiro atoms. The predicted molar refractivity (Wildman–Crippen MR) is 86.7 cm³/mol. The van der Waals surface area contributed by atoms with E-state index < -0.39 is 0 Å². The molecule has 27 heavy (non-hydrogen) atoms. The van der Waals surface area contributed by atoms with Crippen LogP contribution in [0.15, 0.2) is 70.0 Å². The fourth-order valence-corrected chi connectivity index (χ4v) is 2.44. The Balaban J connectivity index is 0.00000182. The molecule has 0 saturated carbocycles. The van der Waals surface area contributed by atoms with Gasteiger partial charge in [0.2, 0.25) is 12.3 Å². The fraction of sp³-hybridized carbons (Fsp3) is 0.118. The molecule has 3 heterocycles. The Labute approximate surface area is 176 Å². The monoisotopic (exact) mass is 497 g/mol. The van der Waals surface area contributed by atoms with Crippen LogP contribution in [-0.4, -0.2) is 28.0 Å². The van der Waals surface area contributed by atoms with E-state index in [0.29, 0.717) is 18.8 Å². The molecule has 142 valence electrons. The SMILES string of the molecule is O/N=C/c1ccc[n+](Cc2cc(C[n+]3cccc(/C=N/O)c3)on2)c1.[Br-].[Br-]. The number of pyridine rings is 2. The van der Waals surface area contributed by atoms with Crippen LogP contribution in [0.5, 0.6) is 0 Å². The van der Waals surface area contributed by atoms with Gasteiger partial charge in [0.25, 0.3) is 0 Å². The van der Waals surface area contributed by atoms with E-state index in [1.165, 1.54) is 12.4 Å². The van der Waals surface area contributed by atoms with Crippen LogP contribution in [0.1, 0.15) is 22.6 Å². The highest BCUT2D eigenvalue weighted by molar-refractivity contribution is 5.78. The molecule has 8 nitrogen and oxygen atoms in total. The van der Waals surface area contributed by atoms with Crippen molar-refractivity contribution in [3.05, 3.63) is 77.7 Å². The summed E-state index contributed by atoms with van der Waals surface area (Å²) in [5.41, 5.74) is 2.35. The van der Waals surface area contributed by atoms with Gasteiger partial charge in [0.1, 0.15) is 5.69 Å². The summed E-state index contributed by atoms with van der Waals surface area (Å²) < 4.78 is 9.22. The normalized spacial score (nSPS) is 10.7.